The molecule has 0 spiro atoms. The van der Waals surface area contributed by atoms with Crippen LogP contribution in [0.4, 0.5) is 13.2 Å². The Balaban J connectivity index is 1.79. The van der Waals surface area contributed by atoms with E-state index in [1.807, 2.05) is 0 Å². The molecule has 0 aliphatic heterocycles. The molecule has 0 unspecified atom stereocenters. The number of aromatic amines is 1. The summed E-state index contributed by atoms with van der Waals surface area (Å²) in [5.74, 6) is -1.94. The van der Waals surface area contributed by atoms with Crippen LogP contribution in [0.5, 0.6) is 17.2 Å². The summed E-state index contributed by atoms with van der Waals surface area (Å²) in [6.45, 7) is -0.599. The molecule has 0 aliphatic carbocycles. The summed E-state index contributed by atoms with van der Waals surface area (Å²) in [5, 5.41) is 11.3. The standard InChI is InChI=1S/C19H13F3N2O6/c20-19(21,22)30-12-5-3-11(4-6-12)29-13-2-1-10-7-15(18(28)23-9-16(25)26)24-17(27)14(10)8-13/h1-8H,9H2,(H,23,28)(H,24,27)(H,25,26). The van der Waals surface area contributed by atoms with E-state index < -0.39 is 36.1 Å². The van der Waals surface area contributed by atoms with Crippen molar-refractivity contribution in [2.75, 3.05) is 6.54 Å². The molecule has 0 fully saturated rings. The topological polar surface area (TPSA) is 118 Å². The molecule has 11 heteroatoms. The number of carboxylic acids is 1. The molecule has 1 heterocycles. The summed E-state index contributed by atoms with van der Waals surface area (Å²) < 4.78 is 45.9. The first-order chi connectivity index (χ1) is 14.1. The molecule has 30 heavy (non-hydrogen) atoms. The third kappa shape index (κ3) is 5.28. The van der Waals surface area contributed by atoms with E-state index >= 15 is 0 Å². The second kappa shape index (κ2) is 8.15. The molecule has 156 valence electrons. The lowest BCUT2D eigenvalue weighted by molar-refractivity contribution is -0.274. The predicted octanol–water partition coefficient (Wildman–Crippen LogP) is 3.03. The first-order valence-electron chi connectivity index (χ1n) is 8.31. The van der Waals surface area contributed by atoms with Gasteiger partial charge in [0.1, 0.15) is 29.5 Å². The van der Waals surface area contributed by atoms with Crippen LogP contribution in [0.3, 0.4) is 0 Å². The zero-order chi connectivity index (χ0) is 21.9. The number of hydrogen-bond acceptors (Lipinski definition) is 5. The van der Waals surface area contributed by atoms with Gasteiger partial charge in [-0.15, -0.1) is 13.2 Å². The van der Waals surface area contributed by atoms with Crippen molar-refractivity contribution in [3.05, 3.63) is 64.6 Å². The zero-order valence-electron chi connectivity index (χ0n) is 14.9. The SMILES string of the molecule is O=C(O)CNC(=O)c1cc2ccc(Oc3ccc(OC(F)(F)F)cc3)cc2c(=O)[nH]1. The Bertz CT molecular complexity index is 1160. The van der Waals surface area contributed by atoms with E-state index in [-0.39, 0.29) is 22.6 Å². The molecule has 0 aliphatic rings. The summed E-state index contributed by atoms with van der Waals surface area (Å²) in [5.41, 5.74) is -0.713. The lowest BCUT2D eigenvalue weighted by atomic mass is 10.1. The number of ether oxygens (including phenoxy) is 2. The van der Waals surface area contributed by atoms with Crippen molar-refractivity contribution in [1.29, 1.82) is 0 Å². The molecule has 0 atom stereocenters. The molecule has 0 saturated carbocycles. The number of rotatable bonds is 6. The van der Waals surface area contributed by atoms with Crippen molar-refractivity contribution < 1.29 is 37.3 Å². The highest BCUT2D eigenvalue weighted by atomic mass is 19.4. The van der Waals surface area contributed by atoms with Crippen LogP contribution >= 0.6 is 0 Å². The number of H-pyrrole nitrogens is 1. The van der Waals surface area contributed by atoms with Crippen molar-refractivity contribution in [3.8, 4) is 17.2 Å². The second-order valence-corrected chi connectivity index (χ2v) is 5.96. The van der Waals surface area contributed by atoms with E-state index in [2.05, 4.69) is 15.0 Å². The number of aromatic nitrogens is 1. The first-order valence-corrected chi connectivity index (χ1v) is 8.31. The van der Waals surface area contributed by atoms with Gasteiger partial charge in [0, 0.05) is 0 Å². The Labute approximate surface area is 165 Å². The molecule has 0 bridgehead atoms. The third-order valence-electron chi connectivity index (χ3n) is 3.76. The number of carbonyl (C=O) groups excluding carboxylic acids is 1. The minimum Gasteiger partial charge on any atom is -0.480 e. The number of hydrogen-bond donors (Lipinski definition) is 3. The Morgan fingerprint density at radius 1 is 1.00 bits per heavy atom. The van der Waals surface area contributed by atoms with Crippen LogP contribution in [-0.4, -0.2) is 34.9 Å². The molecule has 3 rings (SSSR count). The monoisotopic (exact) mass is 422 g/mol. The van der Waals surface area contributed by atoms with E-state index in [1.54, 1.807) is 0 Å². The summed E-state index contributed by atoms with van der Waals surface area (Å²) in [4.78, 5) is 37.1. The largest absolute Gasteiger partial charge is 0.573 e. The Morgan fingerprint density at radius 3 is 2.27 bits per heavy atom. The molecule has 0 radical (unpaired) electrons. The number of fused-ring (bicyclic) bond motifs is 1. The molecular weight excluding hydrogens is 409 g/mol. The van der Waals surface area contributed by atoms with Gasteiger partial charge in [0.2, 0.25) is 0 Å². The number of halogens is 3. The van der Waals surface area contributed by atoms with Crippen molar-refractivity contribution in [2.24, 2.45) is 0 Å². The maximum Gasteiger partial charge on any atom is 0.573 e. The van der Waals surface area contributed by atoms with Crippen LogP contribution in [0.15, 0.2) is 53.3 Å². The third-order valence-corrected chi connectivity index (χ3v) is 3.76. The summed E-state index contributed by atoms with van der Waals surface area (Å²) in [6.07, 6.45) is -4.80. The highest BCUT2D eigenvalue weighted by Gasteiger charge is 2.31. The average Bonchev–Trinajstić information content (AvgIpc) is 2.66. The van der Waals surface area contributed by atoms with Crippen LogP contribution in [0.2, 0.25) is 0 Å². The molecule has 1 amide bonds. The van der Waals surface area contributed by atoms with E-state index in [4.69, 9.17) is 9.84 Å². The average molecular weight is 422 g/mol. The van der Waals surface area contributed by atoms with Crippen molar-refractivity contribution in [1.82, 2.24) is 10.3 Å². The highest BCUT2D eigenvalue weighted by molar-refractivity contribution is 5.97. The quantitative estimate of drug-likeness (QED) is 0.562. The van der Waals surface area contributed by atoms with E-state index in [0.29, 0.717) is 5.39 Å². The van der Waals surface area contributed by atoms with Crippen LogP contribution in [-0.2, 0) is 4.79 Å². The van der Waals surface area contributed by atoms with Gasteiger partial charge in [0.05, 0.1) is 5.39 Å². The molecule has 2 aromatic carbocycles. The zero-order valence-corrected chi connectivity index (χ0v) is 14.9. The van der Waals surface area contributed by atoms with Gasteiger partial charge in [-0.1, -0.05) is 6.07 Å². The molecular formula is C19H13F3N2O6. The second-order valence-electron chi connectivity index (χ2n) is 5.96. The molecule has 0 saturated heterocycles. The minimum absolute atomic E-state index is 0.109. The van der Waals surface area contributed by atoms with E-state index in [1.165, 1.54) is 36.4 Å². The van der Waals surface area contributed by atoms with Gasteiger partial charge in [-0.2, -0.15) is 0 Å². The van der Waals surface area contributed by atoms with E-state index in [9.17, 15) is 27.6 Å². The Kier molecular flexibility index (Phi) is 5.63. The first kappa shape index (κ1) is 20.7. The number of aliphatic carboxylic acids is 1. The van der Waals surface area contributed by atoms with Crippen LogP contribution in [0, 0.1) is 0 Å². The minimum atomic E-state index is -4.80. The summed E-state index contributed by atoms with van der Waals surface area (Å²) >= 11 is 0. The number of amides is 1. The lowest BCUT2D eigenvalue weighted by Crippen LogP contribution is -2.31. The molecule has 1 aromatic heterocycles. The number of carbonyl (C=O) groups is 2. The van der Waals surface area contributed by atoms with Gasteiger partial charge in [-0.05, 0) is 47.9 Å². The maximum absolute atomic E-state index is 12.3. The highest BCUT2D eigenvalue weighted by Crippen LogP contribution is 2.28. The normalized spacial score (nSPS) is 11.2. The number of nitrogens with one attached hydrogen (secondary N) is 2. The van der Waals surface area contributed by atoms with Crippen molar-refractivity contribution in [3.63, 3.8) is 0 Å². The van der Waals surface area contributed by atoms with Crippen molar-refractivity contribution >= 4 is 22.6 Å². The van der Waals surface area contributed by atoms with Gasteiger partial charge in [0.15, 0.2) is 0 Å². The Hall–Kier alpha value is -4.02. The number of benzene rings is 2. The maximum atomic E-state index is 12.3. The van der Waals surface area contributed by atoms with Gasteiger partial charge < -0.3 is 24.9 Å². The fourth-order valence-corrected chi connectivity index (χ4v) is 2.52. The molecule has 3 N–H and O–H groups in total. The smallest absolute Gasteiger partial charge is 0.480 e. The predicted molar refractivity (Wildman–Crippen MR) is 97.7 cm³/mol. The van der Waals surface area contributed by atoms with Crippen molar-refractivity contribution in [2.45, 2.75) is 6.36 Å². The van der Waals surface area contributed by atoms with Crippen LogP contribution in [0.1, 0.15) is 10.5 Å². The fraction of sp³-hybridized carbons (Fsp3) is 0.105. The van der Waals surface area contributed by atoms with Gasteiger partial charge in [-0.3, -0.25) is 14.4 Å². The fourth-order valence-electron chi connectivity index (χ4n) is 2.52. The van der Waals surface area contributed by atoms with Gasteiger partial charge >= 0.3 is 12.3 Å². The number of pyridine rings is 1. The summed E-state index contributed by atoms with van der Waals surface area (Å²) in [7, 11) is 0. The number of carboxylic acid groups (broad SMARTS) is 1. The van der Waals surface area contributed by atoms with Crippen LogP contribution in [0.25, 0.3) is 10.8 Å². The Morgan fingerprint density at radius 2 is 1.63 bits per heavy atom. The van der Waals surface area contributed by atoms with E-state index in [0.717, 1.165) is 12.1 Å². The molecule has 8 nitrogen and oxygen atoms in total. The lowest BCUT2D eigenvalue weighted by Gasteiger charge is -2.10. The number of alkyl halides is 3. The van der Waals surface area contributed by atoms with Gasteiger partial charge in [0.25, 0.3) is 11.5 Å². The summed E-state index contributed by atoms with van der Waals surface area (Å²) in [6, 6.07) is 10.5. The van der Waals surface area contributed by atoms with Gasteiger partial charge in [-0.25, -0.2) is 0 Å². The molecule has 3 aromatic rings. The van der Waals surface area contributed by atoms with Crippen LogP contribution < -0.4 is 20.3 Å².